The summed E-state index contributed by atoms with van der Waals surface area (Å²) in [6.45, 7) is 4.11. The summed E-state index contributed by atoms with van der Waals surface area (Å²) in [5, 5.41) is 5.69. The third-order valence-electron chi connectivity index (χ3n) is 3.05. The summed E-state index contributed by atoms with van der Waals surface area (Å²) in [7, 11) is 1.68. The molecule has 19 heavy (non-hydrogen) atoms. The Hall–Kier alpha value is -1.48. The van der Waals surface area contributed by atoms with E-state index in [0.717, 1.165) is 28.8 Å². The number of rotatable bonds is 5. The summed E-state index contributed by atoms with van der Waals surface area (Å²) < 4.78 is 5.38. The van der Waals surface area contributed by atoms with Crippen molar-refractivity contribution in [1.29, 1.82) is 0 Å². The van der Waals surface area contributed by atoms with Crippen LogP contribution < -0.4 is 10.1 Å². The molecule has 2 unspecified atom stereocenters. The van der Waals surface area contributed by atoms with Gasteiger partial charge in [0.2, 0.25) is 0 Å². The van der Waals surface area contributed by atoms with E-state index in [2.05, 4.69) is 17.2 Å². The maximum absolute atomic E-state index is 6.02. The summed E-state index contributed by atoms with van der Waals surface area (Å²) in [5.41, 5.74) is 0. The van der Waals surface area contributed by atoms with E-state index in [0.29, 0.717) is 0 Å². The highest BCUT2D eigenvalue weighted by Crippen LogP contribution is 2.29. The standard InChI is InChI=1S/C15H19ClN2O/c1-10(16)9-11(2)18-15-13-5-4-6-14(19-3)12(13)7-8-17-15/h4-8,10-11H,9H2,1-3H3,(H,17,18). The molecule has 1 heterocycles. The maximum Gasteiger partial charge on any atom is 0.134 e. The van der Waals surface area contributed by atoms with Crippen LogP contribution in [0, 0.1) is 0 Å². The van der Waals surface area contributed by atoms with Crippen molar-refractivity contribution in [3.05, 3.63) is 30.5 Å². The van der Waals surface area contributed by atoms with Crippen LogP contribution in [0.15, 0.2) is 30.5 Å². The van der Waals surface area contributed by atoms with Gasteiger partial charge < -0.3 is 10.1 Å². The first kappa shape index (κ1) is 13.9. The molecule has 3 nitrogen and oxygen atoms in total. The average molecular weight is 279 g/mol. The Morgan fingerprint density at radius 1 is 1.26 bits per heavy atom. The fourth-order valence-corrected chi connectivity index (χ4v) is 2.52. The van der Waals surface area contributed by atoms with Crippen molar-refractivity contribution in [3.8, 4) is 5.75 Å². The number of methoxy groups -OCH3 is 1. The van der Waals surface area contributed by atoms with Crippen molar-refractivity contribution < 1.29 is 4.74 Å². The largest absolute Gasteiger partial charge is 0.496 e. The second-order valence-electron chi connectivity index (χ2n) is 4.78. The first-order chi connectivity index (χ1) is 9.11. The number of nitrogens with one attached hydrogen (secondary N) is 1. The molecule has 0 saturated carbocycles. The summed E-state index contributed by atoms with van der Waals surface area (Å²) in [4.78, 5) is 4.42. The van der Waals surface area contributed by atoms with E-state index in [1.54, 1.807) is 13.3 Å². The smallest absolute Gasteiger partial charge is 0.134 e. The molecule has 0 saturated heterocycles. The maximum atomic E-state index is 6.02. The molecule has 4 heteroatoms. The Kier molecular flexibility index (Phi) is 4.48. The number of hydrogen-bond acceptors (Lipinski definition) is 3. The van der Waals surface area contributed by atoms with E-state index >= 15 is 0 Å². The molecule has 102 valence electrons. The van der Waals surface area contributed by atoms with Crippen LogP contribution in [-0.2, 0) is 0 Å². The van der Waals surface area contributed by atoms with Gasteiger partial charge in [0.15, 0.2) is 0 Å². The van der Waals surface area contributed by atoms with E-state index in [9.17, 15) is 0 Å². The molecule has 2 rings (SSSR count). The number of nitrogens with zero attached hydrogens (tertiary/aromatic N) is 1. The van der Waals surface area contributed by atoms with Crippen molar-refractivity contribution in [3.63, 3.8) is 0 Å². The van der Waals surface area contributed by atoms with Gasteiger partial charge in [0.25, 0.3) is 0 Å². The molecular weight excluding hydrogens is 260 g/mol. The second kappa shape index (κ2) is 6.11. The SMILES string of the molecule is COc1cccc2c(NC(C)CC(C)Cl)nccc12. The fraction of sp³-hybridized carbons (Fsp3) is 0.400. The number of pyridine rings is 1. The molecule has 1 aromatic heterocycles. The molecule has 0 radical (unpaired) electrons. The minimum absolute atomic E-state index is 0.145. The van der Waals surface area contributed by atoms with Gasteiger partial charge in [0.1, 0.15) is 11.6 Å². The number of fused-ring (bicyclic) bond motifs is 1. The fourth-order valence-electron chi connectivity index (χ4n) is 2.25. The lowest BCUT2D eigenvalue weighted by molar-refractivity contribution is 0.420. The van der Waals surface area contributed by atoms with E-state index in [-0.39, 0.29) is 11.4 Å². The third kappa shape index (κ3) is 3.29. The van der Waals surface area contributed by atoms with Crippen LogP contribution >= 0.6 is 11.6 Å². The van der Waals surface area contributed by atoms with Crippen molar-refractivity contribution in [2.24, 2.45) is 0 Å². The second-order valence-corrected chi connectivity index (χ2v) is 5.52. The number of aromatic nitrogens is 1. The van der Waals surface area contributed by atoms with E-state index < -0.39 is 0 Å². The molecule has 2 atom stereocenters. The highest BCUT2D eigenvalue weighted by Gasteiger charge is 2.10. The van der Waals surface area contributed by atoms with E-state index in [1.807, 2.05) is 31.2 Å². The van der Waals surface area contributed by atoms with Crippen LogP contribution in [0.3, 0.4) is 0 Å². The van der Waals surface area contributed by atoms with Gasteiger partial charge in [0, 0.05) is 28.4 Å². The van der Waals surface area contributed by atoms with Gasteiger partial charge in [-0.1, -0.05) is 12.1 Å². The number of hydrogen-bond donors (Lipinski definition) is 1. The van der Waals surface area contributed by atoms with Crippen molar-refractivity contribution in [2.45, 2.75) is 31.7 Å². The Balaban J connectivity index is 2.33. The molecule has 0 spiro atoms. The summed E-state index contributed by atoms with van der Waals surface area (Å²) in [5.74, 6) is 1.74. The van der Waals surface area contributed by atoms with Gasteiger partial charge in [-0.05, 0) is 32.4 Å². The van der Waals surface area contributed by atoms with Crippen LogP contribution in [0.4, 0.5) is 5.82 Å². The van der Waals surface area contributed by atoms with Gasteiger partial charge in [-0.15, -0.1) is 11.6 Å². The lowest BCUT2D eigenvalue weighted by Gasteiger charge is -2.17. The molecule has 0 aliphatic carbocycles. The molecule has 0 bridgehead atoms. The molecule has 2 aromatic rings. The molecule has 0 fully saturated rings. The van der Waals surface area contributed by atoms with Crippen LogP contribution in [0.25, 0.3) is 10.8 Å². The van der Waals surface area contributed by atoms with Gasteiger partial charge >= 0.3 is 0 Å². The Morgan fingerprint density at radius 2 is 2.05 bits per heavy atom. The van der Waals surface area contributed by atoms with Crippen molar-refractivity contribution in [1.82, 2.24) is 4.98 Å². The van der Waals surface area contributed by atoms with Crippen LogP contribution in [0.1, 0.15) is 20.3 Å². The Bertz CT molecular complexity index is 557. The number of ether oxygens (including phenoxy) is 1. The zero-order valence-corrected chi connectivity index (χ0v) is 12.2. The first-order valence-electron chi connectivity index (χ1n) is 6.44. The minimum Gasteiger partial charge on any atom is -0.496 e. The van der Waals surface area contributed by atoms with E-state index in [4.69, 9.17) is 16.3 Å². The molecule has 1 N–H and O–H groups in total. The monoisotopic (exact) mass is 278 g/mol. The number of benzene rings is 1. The van der Waals surface area contributed by atoms with Gasteiger partial charge in [-0.25, -0.2) is 4.98 Å². The lowest BCUT2D eigenvalue weighted by Crippen LogP contribution is -2.19. The predicted octanol–water partition coefficient (Wildman–Crippen LogP) is 4.06. The van der Waals surface area contributed by atoms with Crippen LogP contribution in [-0.4, -0.2) is 23.5 Å². The Morgan fingerprint density at radius 3 is 2.74 bits per heavy atom. The number of anilines is 1. The predicted molar refractivity (Wildman–Crippen MR) is 81.3 cm³/mol. The van der Waals surface area contributed by atoms with Crippen LogP contribution in [0.5, 0.6) is 5.75 Å². The number of halogens is 1. The summed E-state index contributed by atoms with van der Waals surface area (Å²) in [6, 6.07) is 8.22. The quantitative estimate of drug-likeness (QED) is 0.838. The highest BCUT2D eigenvalue weighted by atomic mass is 35.5. The summed E-state index contributed by atoms with van der Waals surface area (Å²) >= 11 is 6.02. The number of alkyl halides is 1. The van der Waals surface area contributed by atoms with E-state index in [1.165, 1.54) is 0 Å². The van der Waals surface area contributed by atoms with Gasteiger partial charge in [-0.2, -0.15) is 0 Å². The highest BCUT2D eigenvalue weighted by molar-refractivity contribution is 6.20. The molecule has 1 aromatic carbocycles. The lowest BCUT2D eigenvalue weighted by atomic mass is 10.1. The minimum atomic E-state index is 0.145. The Labute approximate surface area is 118 Å². The zero-order chi connectivity index (χ0) is 13.8. The molecule has 0 aliphatic rings. The molecule has 0 amide bonds. The average Bonchev–Trinajstić information content (AvgIpc) is 2.37. The van der Waals surface area contributed by atoms with Crippen molar-refractivity contribution >= 4 is 28.2 Å². The molecular formula is C15H19ClN2O. The normalized spacial score (nSPS) is 14.1. The van der Waals surface area contributed by atoms with Crippen LogP contribution in [0.2, 0.25) is 0 Å². The first-order valence-corrected chi connectivity index (χ1v) is 6.87. The van der Waals surface area contributed by atoms with Gasteiger partial charge in [0.05, 0.1) is 7.11 Å². The van der Waals surface area contributed by atoms with Crippen molar-refractivity contribution in [2.75, 3.05) is 12.4 Å². The van der Waals surface area contributed by atoms with Gasteiger partial charge in [-0.3, -0.25) is 0 Å². The summed E-state index contributed by atoms with van der Waals surface area (Å²) in [6.07, 6.45) is 2.69. The molecule has 0 aliphatic heterocycles. The third-order valence-corrected chi connectivity index (χ3v) is 3.23. The zero-order valence-electron chi connectivity index (χ0n) is 11.5. The topological polar surface area (TPSA) is 34.1 Å².